The molecule has 3 aromatic rings. The number of fused-ring (bicyclic) bond motifs is 1. The highest BCUT2D eigenvalue weighted by Crippen LogP contribution is 2.20. The Balaban J connectivity index is 1.78. The molecule has 1 aliphatic heterocycles. The van der Waals surface area contributed by atoms with Crippen molar-refractivity contribution in [3.63, 3.8) is 0 Å². The van der Waals surface area contributed by atoms with Gasteiger partial charge in [-0.2, -0.15) is 0 Å². The number of rotatable bonds is 19. The fourth-order valence-electron chi connectivity index (χ4n) is 8.26. The fourth-order valence-corrected chi connectivity index (χ4v) is 8.26. The molecule has 0 radical (unpaired) electrons. The molecule has 4 rings (SSSR count). The highest BCUT2D eigenvalue weighted by Gasteiger charge is 2.35. The molecule has 76 heavy (non-hydrogen) atoms. The molecule has 1 aliphatic rings. The van der Waals surface area contributed by atoms with E-state index in [4.69, 9.17) is 28.7 Å². The Morgan fingerprint density at radius 3 is 1.95 bits per heavy atom. The average molecular weight is 1060 g/mol. The topological polar surface area (TPSA) is 453 Å². The van der Waals surface area contributed by atoms with Crippen LogP contribution in [0.1, 0.15) is 76.3 Å². The Kier molecular flexibility index (Phi) is 24.4. The molecule has 21 N–H and O–H groups in total. The number of hydrogen-bond donors (Lipinski definition) is 16. The second-order valence-electron chi connectivity index (χ2n) is 18.3. The second-order valence-corrected chi connectivity index (χ2v) is 18.3. The first-order chi connectivity index (χ1) is 36.2. The van der Waals surface area contributed by atoms with Crippen LogP contribution in [0.25, 0.3) is 10.9 Å². The first-order valence-electron chi connectivity index (χ1n) is 24.9. The number of nitrogens with two attached hydrogens (primary N) is 5. The van der Waals surface area contributed by atoms with E-state index < -0.39 is 115 Å². The summed E-state index contributed by atoms with van der Waals surface area (Å²) in [6, 6.07) is 6.08. The Morgan fingerprint density at radius 2 is 1.29 bits per heavy atom. The molecule has 414 valence electrons. The first kappa shape index (κ1) is 60.2. The number of para-hydroxylation sites is 1. The Morgan fingerprint density at radius 1 is 0.697 bits per heavy atom. The summed E-state index contributed by atoms with van der Waals surface area (Å²) in [5.41, 5.74) is 29.8. The lowest BCUT2D eigenvalue weighted by atomic mass is 10.0. The van der Waals surface area contributed by atoms with E-state index >= 15 is 0 Å². The average Bonchev–Trinajstić information content (AvgIpc) is 3.77. The number of primary amides is 1. The standard InChI is InChI=1S/C49H73N17O10/c1-27(67)58-26-39-47(76)63-36(22-29-12-4-3-5-13-29)44(73)62-35(18-11-21-57-49(53)54)43(72)64-37(23-30-25-59-32-15-7-6-14-31(30)32)45(74)61-33(41(50)70)16-8-9-19-55-40(69)24-38(46(75)66-39)65-42(71)34(60-28(2)68)17-10-20-56-48(51)52/h3-7,12-15,25,33-39,42,59,65,71H,8-11,16-24,26H2,1-2H3,(H2,50,70)(H,55,69)(H,58,67)(H,60,68)(H,61,74)(H,62,73)(H,63,76)(H,64,72)(H,66,75)(H4,51,52,56)(H4,53,54,57)/t33-,34-,35-,36+,37-,38-,39-,42?/m0/s1. The summed E-state index contributed by atoms with van der Waals surface area (Å²) in [6.07, 6.45) is 0.0502. The van der Waals surface area contributed by atoms with Crippen molar-refractivity contribution in [3.05, 3.63) is 71.9 Å². The summed E-state index contributed by atoms with van der Waals surface area (Å²) in [4.78, 5) is 134. The largest absolute Gasteiger partial charge is 0.376 e. The third kappa shape index (κ3) is 20.9. The van der Waals surface area contributed by atoms with Gasteiger partial charge in [0.15, 0.2) is 11.9 Å². The zero-order chi connectivity index (χ0) is 55.7. The van der Waals surface area contributed by atoms with Crippen molar-refractivity contribution in [1.29, 1.82) is 0 Å². The summed E-state index contributed by atoms with van der Waals surface area (Å²) in [5, 5.41) is 36.0. The van der Waals surface area contributed by atoms with Crippen molar-refractivity contribution in [2.45, 2.75) is 127 Å². The van der Waals surface area contributed by atoms with Gasteiger partial charge < -0.3 is 81.3 Å². The molecule has 2 aromatic carbocycles. The molecule has 0 aliphatic carbocycles. The lowest BCUT2D eigenvalue weighted by Crippen LogP contribution is -2.62. The minimum atomic E-state index is -1.68. The number of guanidine groups is 2. The van der Waals surface area contributed by atoms with Crippen molar-refractivity contribution in [1.82, 2.24) is 52.8 Å². The number of carbonyl (C=O) groups excluding carboxylic acids is 9. The normalized spacial score (nSPS) is 21.4. The number of aromatic nitrogens is 1. The smallest absolute Gasteiger partial charge is 0.245 e. The molecular formula is C49H73N17O10. The van der Waals surface area contributed by atoms with Crippen LogP contribution in [-0.4, -0.2) is 150 Å². The van der Waals surface area contributed by atoms with Crippen molar-refractivity contribution >= 4 is 76.0 Å². The highest BCUT2D eigenvalue weighted by molar-refractivity contribution is 5.98. The maximum atomic E-state index is 14.6. The monoisotopic (exact) mass is 1060 g/mol. The molecular weight excluding hydrogens is 987 g/mol. The van der Waals surface area contributed by atoms with Crippen molar-refractivity contribution in [2.24, 2.45) is 38.7 Å². The predicted molar refractivity (Wildman–Crippen MR) is 282 cm³/mol. The van der Waals surface area contributed by atoms with Gasteiger partial charge in [-0.1, -0.05) is 48.5 Å². The van der Waals surface area contributed by atoms with Crippen molar-refractivity contribution in [2.75, 3.05) is 26.2 Å². The van der Waals surface area contributed by atoms with Gasteiger partial charge in [0.2, 0.25) is 53.2 Å². The molecule has 1 unspecified atom stereocenters. The van der Waals surface area contributed by atoms with Gasteiger partial charge in [-0.05, 0) is 62.1 Å². The molecule has 0 spiro atoms. The van der Waals surface area contributed by atoms with Gasteiger partial charge in [0.1, 0.15) is 36.4 Å². The number of H-pyrrole nitrogens is 1. The third-order valence-corrected chi connectivity index (χ3v) is 12.1. The van der Waals surface area contributed by atoms with Crippen molar-refractivity contribution in [3.8, 4) is 0 Å². The minimum Gasteiger partial charge on any atom is -0.376 e. The zero-order valence-corrected chi connectivity index (χ0v) is 42.7. The van der Waals surface area contributed by atoms with Gasteiger partial charge in [-0.3, -0.25) is 58.5 Å². The second kappa shape index (κ2) is 30.8. The lowest BCUT2D eigenvalue weighted by Gasteiger charge is -2.30. The van der Waals surface area contributed by atoms with Crippen LogP contribution in [0.2, 0.25) is 0 Å². The summed E-state index contributed by atoms with van der Waals surface area (Å²) in [7, 11) is 0. The van der Waals surface area contributed by atoms with Gasteiger partial charge >= 0.3 is 0 Å². The van der Waals surface area contributed by atoms with Crippen LogP contribution in [0, 0.1) is 0 Å². The van der Waals surface area contributed by atoms with Crippen LogP contribution in [-0.2, 0) is 56.0 Å². The van der Waals surface area contributed by atoms with E-state index in [1.54, 1.807) is 42.6 Å². The van der Waals surface area contributed by atoms with Crippen molar-refractivity contribution < 1.29 is 48.3 Å². The first-order valence-corrected chi connectivity index (χ1v) is 24.9. The number of hydrogen-bond acceptors (Lipinski definition) is 13. The number of aliphatic hydroxyl groups excluding tert-OH is 1. The van der Waals surface area contributed by atoms with Gasteiger partial charge in [0.05, 0.1) is 18.5 Å². The van der Waals surface area contributed by atoms with Crippen LogP contribution in [0.15, 0.2) is 70.8 Å². The maximum absolute atomic E-state index is 14.6. The number of aromatic amines is 1. The molecule has 8 atom stereocenters. The Hall–Kier alpha value is -8.33. The van der Waals surface area contributed by atoms with Crippen LogP contribution >= 0.6 is 0 Å². The summed E-state index contributed by atoms with van der Waals surface area (Å²) in [5.74, 6) is -7.56. The molecule has 1 fully saturated rings. The lowest BCUT2D eigenvalue weighted by molar-refractivity contribution is -0.135. The van der Waals surface area contributed by atoms with E-state index in [0.717, 1.165) is 10.9 Å². The van der Waals surface area contributed by atoms with Crippen LogP contribution < -0.4 is 76.5 Å². The van der Waals surface area contributed by atoms with E-state index in [9.17, 15) is 48.3 Å². The number of carbonyl (C=O) groups is 9. The van der Waals surface area contributed by atoms with Crippen LogP contribution in [0.5, 0.6) is 0 Å². The summed E-state index contributed by atoms with van der Waals surface area (Å²) in [6.45, 7) is 2.05. The summed E-state index contributed by atoms with van der Waals surface area (Å²) >= 11 is 0. The van der Waals surface area contributed by atoms with Gasteiger partial charge in [0, 0.05) is 70.0 Å². The summed E-state index contributed by atoms with van der Waals surface area (Å²) < 4.78 is 0. The van der Waals surface area contributed by atoms with E-state index in [-0.39, 0.29) is 89.3 Å². The number of aliphatic imine (C=N–C) groups is 2. The number of amides is 9. The molecule has 9 amide bonds. The fraction of sp³-hybridized carbons (Fsp3) is 0.490. The molecule has 27 nitrogen and oxygen atoms in total. The van der Waals surface area contributed by atoms with E-state index in [2.05, 4.69) is 62.8 Å². The molecule has 1 aromatic heterocycles. The quantitative estimate of drug-likeness (QED) is 0.0233. The number of nitrogens with one attached hydrogen (secondary N) is 10. The van der Waals surface area contributed by atoms with E-state index in [1.165, 1.54) is 13.8 Å². The van der Waals surface area contributed by atoms with Crippen LogP contribution in [0.4, 0.5) is 0 Å². The minimum absolute atomic E-state index is 0.00960. The van der Waals surface area contributed by atoms with Gasteiger partial charge in [-0.25, -0.2) is 0 Å². The van der Waals surface area contributed by atoms with Gasteiger partial charge in [-0.15, -0.1) is 0 Å². The number of nitrogens with zero attached hydrogens (tertiary/aromatic N) is 2. The zero-order valence-electron chi connectivity index (χ0n) is 42.7. The molecule has 2 heterocycles. The maximum Gasteiger partial charge on any atom is 0.245 e. The molecule has 0 saturated carbocycles. The SMILES string of the molecule is CC(=O)NC[C@@H]1NC(=O)[C@@H](NC(O)[C@H](CCCN=C(N)N)NC(C)=O)CC(=O)NCCCC[C@@H](C(N)=O)NC(=O)[C@H](Cc2c[nH]c3ccccc23)NC(=O)[C@H](CCCN=C(N)N)NC(=O)[C@@H](Cc2ccccc2)NC1=O. The molecule has 1 saturated heterocycles. The predicted octanol–water partition coefficient (Wildman–Crippen LogP) is -4.42. The molecule has 0 bridgehead atoms. The molecule has 27 heteroatoms. The third-order valence-electron chi connectivity index (χ3n) is 12.1. The Labute approximate surface area is 439 Å². The highest BCUT2D eigenvalue weighted by atomic mass is 16.3. The van der Waals surface area contributed by atoms with E-state index in [0.29, 0.717) is 11.1 Å². The Bertz CT molecular complexity index is 2530. The van der Waals surface area contributed by atoms with Gasteiger partial charge in [0.25, 0.3) is 0 Å². The van der Waals surface area contributed by atoms with E-state index in [1.807, 2.05) is 18.2 Å². The number of aliphatic hydroxyl groups is 1. The number of benzene rings is 2. The van der Waals surface area contributed by atoms with Crippen LogP contribution in [0.3, 0.4) is 0 Å².